The molecule has 0 aliphatic rings. The third kappa shape index (κ3) is 2.40. The second-order valence-electron chi connectivity index (χ2n) is 4.51. The number of hydrogen-bond donors (Lipinski definition) is 1. The number of benzene rings is 1. The highest BCUT2D eigenvalue weighted by Gasteiger charge is 2.10. The highest BCUT2D eigenvalue weighted by molar-refractivity contribution is 7.18. The number of nitrogens with one attached hydrogen (secondary N) is 1. The highest BCUT2D eigenvalue weighted by Crippen LogP contribution is 2.24. The molecule has 0 fully saturated rings. The maximum atomic E-state index is 12.2. The van der Waals surface area contributed by atoms with Crippen molar-refractivity contribution in [3.63, 3.8) is 0 Å². The van der Waals surface area contributed by atoms with Crippen LogP contribution in [0.4, 0.5) is 5.69 Å². The van der Waals surface area contributed by atoms with Gasteiger partial charge in [0, 0.05) is 17.6 Å². The summed E-state index contributed by atoms with van der Waals surface area (Å²) in [6.07, 6.45) is 1.68. The van der Waals surface area contributed by atoms with Gasteiger partial charge in [0.25, 0.3) is 5.91 Å². The lowest BCUT2D eigenvalue weighted by Crippen LogP contribution is -2.13. The maximum absolute atomic E-state index is 12.2. The Kier molecular flexibility index (Phi) is 3.20. The number of thiazole rings is 1. The molecule has 0 spiro atoms. The smallest absolute Gasteiger partial charge is 0.257 e. The number of aromatic nitrogens is 2. The lowest BCUT2D eigenvalue weighted by Gasteiger charge is -2.06. The fourth-order valence-electron chi connectivity index (χ4n) is 2.04. The molecule has 1 aromatic carbocycles. The fourth-order valence-corrected chi connectivity index (χ4v) is 2.85. The number of pyridine rings is 1. The zero-order valence-corrected chi connectivity index (χ0v) is 12.0. The Morgan fingerprint density at radius 1 is 1.25 bits per heavy atom. The average Bonchev–Trinajstić information content (AvgIpc) is 2.78. The first-order chi connectivity index (χ1) is 9.63. The Balaban J connectivity index is 1.89. The molecular formula is C15H13N3OS. The molecular weight excluding hydrogens is 270 g/mol. The molecule has 20 heavy (non-hydrogen) atoms. The van der Waals surface area contributed by atoms with Crippen molar-refractivity contribution in [2.45, 2.75) is 13.8 Å². The number of rotatable bonds is 2. The summed E-state index contributed by atoms with van der Waals surface area (Å²) in [6.45, 7) is 3.80. The van der Waals surface area contributed by atoms with Crippen molar-refractivity contribution in [1.82, 2.24) is 9.97 Å². The van der Waals surface area contributed by atoms with E-state index < -0.39 is 0 Å². The molecule has 0 aliphatic heterocycles. The molecule has 0 aliphatic carbocycles. The standard InChI is InChI=1S/C15H13N3OS/c1-9-12(4-3-7-16-9)15(19)18-11-5-6-14-13(8-11)17-10(2)20-14/h3-8H,1-2H3,(H,18,19). The van der Waals surface area contributed by atoms with E-state index in [1.807, 2.05) is 32.0 Å². The van der Waals surface area contributed by atoms with Gasteiger partial charge in [0.15, 0.2) is 0 Å². The summed E-state index contributed by atoms with van der Waals surface area (Å²) in [6, 6.07) is 9.29. The van der Waals surface area contributed by atoms with Crippen LogP contribution >= 0.6 is 11.3 Å². The summed E-state index contributed by atoms with van der Waals surface area (Å²) in [5, 5.41) is 3.91. The molecule has 5 heteroatoms. The van der Waals surface area contributed by atoms with E-state index in [-0.39, 0.29) is 5.91 Å². The molecule has 3 rings (SSSR count). The van der Waals surface area contributed by atoms with Gasteiger partial charge in [-0.1, -0.05) is 0 Å². The predicted molar refractivity (Wildman–Crippen MR) is 81.3 cm³/mol. The maximum Gasteiger partial charge on any atom is 0.257 e. The first-order valence-electron chi connectivity index (χ1n) is 6.23. The van der Waals surface area contributed by atoms with Gasteiger partial charge in [-0.25, -0.2) is 4.98 Å². The number of aryl methyl sites for hydroxylation is 2. The molecule has 1 amide bonds. The third-order valence-electron chi connectivity index (χ3n) is 3.00. The number of hydrogen-bond acceptors (Lipinski definition) is 4. The van der Waals surface area contributed by atoms with Gasteiger partial charge < -0.3 is 5.32 Å². The van der Waals surface area contributed by atoms with Gasteiger partial charge in [-0.15, -0.1) is 11.3 Å². The molecule has 0 atom stereocenters. The summed E-state index contributed by atoms with van der Waals surface area (Å²) < 4.78 is 1.12. The largest absolute Gasteiger partial charge is 0.322 e. The summed E-state index contributed by atoms with van der Waals surface area (Å²) in [5.41, 5.74) is 2.96. The Morgan fingerprint density at radius 2 is 2.10 bits per heavy atom. The van der Waals surface area contributed by atoms with Crippen LogP contribution in [-0.2, 0) is 0 Å². The zero-order valence-electron chi connectivity index (χ0n) is 11.2. The first-order valence-corrected chi connectivity index (χ1v) is 7.05. The van der Waals surface area contributed by atoms with Gasteiger partial charge in [0.2, 0.25) is 0 Å². The van der Waals surface area contributed by atoms with Crippen molar-refractivity contribution in [2.75, 3.05) is 5.32 Å². The SMILES string of the molecule is Cc1nc2cc(NC(=O)c3cccnc3C)ccc2s1. The van der Waals surface area contributed by atoms with Gasteiger partial charge in [0.05, 0.1) is 20.8 Å². The fraction of sp³-hybridized carbons (Fsp3) is 0.133. The lowest BCUT2D eigenvalue weighted by atomic mass is 10.2. The van der Waals surface area contributed by atoms with Crippen LogP contribution in [0.1, 0.15) is 21.1 Å². The molecule has 0 saturated carbocycles. The Morgan fingerprint density at radius 3 is 2.90 bits per heavy atom. The molecule has 100 valence electrons. The summed E-state index contributed by atoms with van der Waals surface area (Å²) in [7, 11) is 0. The van der Waals surface area contributed by atoms with Crippen molar-refractivity contribution < 1.29 is 4.79 Å². The second-order valence-corrected chi connectivity index (χ2v) is 5.74. The van der Waals surface area contributed by atoms with Crippen molar-refractivity contribution in [3.8, 4) is 0 Å². The van der Waals surface area contributed by atoms with E-state index in [1.54, 1.807) is 29.7 Å². The number of carbonyl (C=O) groups is 1. The van der Waals surface area contributed by atoms with Crippen molar-refractivity contribution >= 4 is 33.1 Å². The van der Waals surface area contributed by atoms with Crippen LogP contribution < -0.4 is 5.32 Å². The van der Waals surface area contributed by atoms with E-state index in [0.29, 0.717) is 5.56 Å². The quantitative estimate of drug-likeness (QED) is 0.782. The van der Waals surface area contributed by atoms with Gasteiger partial charge in [-0.05, 0) is 44.2 Å². The Labute approximate surface area is 120 Å². The number of nitrogens with zero attached hydrogens (tertiary/aromatic N) is 2. The minimum Gasteiger partial charge on any atom is -0.322 e. The Bertz CT molecular complexity index is 795. The number of fused-ring (bicyclic) bond motifs is 1. The molecule has 0 saturated heterocycles. The predicted octanol–water partition coefficient (Wildman–Crippen LogP) is 3.56. The van der Waals surface area contributed by atoms with E-state index >= 15 is 0 Å². The van der Waals surface area contributed by atoms with Gasteiger partial charge in [-0.2, -0.15) is 0 Å². The number of amides is 1. The third-order valence-corrected chi connectivity index (χ3v) is 3.96. The summed E-state index contributed by atoms with van der Waals surface area (Å²) >= 11 is 1.64. The molecule has 0 radical (unpaired) electrons. The van der Waals surface area contributed by atoms with Gasteiger partial charge in [-0.3, -0.25) is 9.78 Å². The first kappa shape index (κ1) is 12.7. The molecule has 1 N–H and O–H groups in total. The molecule has 0 bridgehead atoms. The van der Waals surface area contributed by atoms with Crippen LogP contribution in [0.15, 0.2) is 36.5 Å². The summed E-state index contributed by atoms with van der Waals surface area (Å²) in [4.78, 5) is 20.8. The van der Waals surface area contributed by atoms with Crippen molar-refractivity contribution in [3.05, 3.63) is 52.8 Å². The van der Waals surface area contributed by atoms with Crippen LogP contribution in [0, 0.1) is 13.8 Å². The van der Waals surface area contributed by atoms with Crippen LogP contribution in [-0.4, -0.2) is 15.9 Å². The van der Waals surface area contributed by atoms with E-state index in [9.17, 15) is 4.79 Å². The van der Waals surface area contributed by atoms with Crippen LogP contribution in [0.3, 0.4) is 0 Å². The molecule has 2 aromatic heterocycles. The van der Waals surface area contributed by atoms with Crippen LogP contribution in [0.5, 0.6) is 0 Å². The molecule has 4 nitrogen and oxygen atoms in total. The molecule has 2 heterocycles. The monoisotopic (exact) mass is 283 g/mol. The highest BCUT2D eigenvalue weighted by atomic mass is 32.1. The van der Waals surface area contributed by atoms with Gasteiger partial charge >= 0.3 is 0 Å². The van der Waals surface area contributed by atoms with Crippen molar-refractivity contribution in [2.24, 2.45) is 0 Å². The van der Waals surface area contributed by atoms with Crippen LogP contribution in [0.25, 0.3) is 10.2 Å². The molecule has 0 unspecified atom stereocenters. The topological polar surface area (TPSA) is 54.9 Å². The van der Waals surface area contributed by atoms with Gasteiger partial charge in [0.1, 0.15) is 0 Å². The van der Waals surface area contributed by atoms with E-state index in [1.165, 1.54) is 0 Å². The second kappa shape index (κ2) is 5.02. The Hall–Kier alpha value is -2.27. The minimum atomic E-state index is -0.151. The lowest BCUT2D eigenvalue weighted by molar-refractivity contribution is 0.102. The minimum absolute atomic E-state index is 0.151. The van der Waals surface area contributed by atoms with E-state index in [2.05, 4.69) is 15.3 Å². The normalized spacial score (nSPS) is 10.7. The van der Waals surface area contributed by atoms with E-state index in [0.717, 1.165) is 26.6 Å². The number of carbonyl (C=O) groups excluding carboxylic acids is 1. The summed E-state index contributed by atoms with van der Waals surface area (Å²) in [5.74, 6) is -0.151. The average molecular weight is 283 g/mol. The van der Waals surface area contributed by atoms with Crippen molar-refractivity contribution in [1.29, 1.82) is 0 Å². The van der Waals surface area contributed by atoms with E-state index in [4.69, 9.17) is 0 Å². The van der Waals surface area contributed by atoms with Crippen LogP contribution in [0.2, 0.25) is 0 Å². The molecule has 3 aromatic rings. The number of anilines is 1. The zero-order chi connectivity index (χ0) is 14.1.